The highest BCUT2D eigenvalue weighted by Gasteiger charge is 2.41. The Labute approximate surface area is 153 Å². The number of carbonyl (C=O) groups excluding carboxylic acids is 2. The second-order valence-corrected chi connectivity index (χ2v) is 7.07. The van der Waals surface area contributed by atoms with Gasteiger partial charge in [0.25, 0.3) is 0 Å². The first-order valence-corrected chi connectivity index (χ1v) is 9.22. The molecule has 0 spiro atoms. The molecule has 4 heteroatoms. The zero-order chi connectivity index (χ0) is 18.1. The molecule has 0 saturated carbocycles. The van der Waals surface area contributed by atoms with Crippen LogP contribution in [0, 0.1) is 6.92 Å². The second kappa shape index (κ2) is 6.96. The number of aliphatic imine (C=N–C) groups is 1. The van der Waals surface area contributed by atoms with Crippen LogP contribution in [0.25, 0.3) is 0 Å². The van der Waals surface area contributed by atoms with Gasteiger partial charge in [0, 0.05) is 11.1 Å². The Kier molecular flexibility index (Phi) is 4.51. The lowest BCUT2D eigenvalue weighted by atomic mass is 9.83. The van der Waals surface area contributed by atoms with Crippen LogP contribution in [0.5, 0.6) is 0 Å². The minimum atomic E-state index is -0.571. The van der Waals surface area contributed by atoms with Crippen molar-refractivity contribution in [3.8, 4) is 0 Å². The number of ketones is 2. The fourth-order valence-corrected chi connectivity index (χ4v) is 3.89. The summed E-state index contributed by atoms with van der Waals surface area (Å²) in [6.07, 6.45) is 3.28. The number of aryl methyl sites for hydroxylation is 1. The molecular weight excluding hydrogens is 324 g/mol. The standard InChI is InChI=1S/C22H22N2O2/c1-15-8-7-9-16(14-15)23-19-20(24-12-5-2-6-13-24)22(26)18-11-4-3-10-17(18)21(19)25/h3-4,7-11,14,20H,2,5-6,12-13H2,1H3. The van der Waals surface area contributed by atoms with E-state index in [0.29, 0.717) is 16.8 Å². The summed E-state index contributed by atoms with van der Waals surface area (Å²) in [6.45, 7) is 3.66. The lowest BCUT2D eigenvalue weighted by Gasteiger charge is -2.36. The minimum Gasteiger partial charge on any atom is -0.292 e. The molecule has 2 aliphatic rings. The lowest BCUT2D eigenvalue weighted by Crippen LogP contribution is -2.54. The van der Waals surface area contributed by atoms with Crippen molar-refractivity contribution in [3.05, 3.63) is 65.2 Å². The molecule has 2 aromatic rings. The van der Waals surface area contributed by atoms with Gasteiger partial charge in [-0.1, -0.05) is 42.8 Å². The first-order valence-electron chi connectivity index (χ1n) is 9.22. The Morgan fingerprint density at radius 2 is 1.65 bits per heavy atom. The zero-order valence-electron chi connectivity index (χ0n) is 14.9. The second-order valence-electron chi connectivity index (χ2n) is 7.07. The summed E-state index contributed by atoms with van der Waals surface area (Å²) < 4.78 is 0. The predicted molar refractivity (Wildman–Crippen MR) is 103 cm³/mol. The van der Waals surface area contributed by atoms with Gasteiger partial charge in [-0.15, -0.1) is 0 Å². The number of likely N-dealkylation sites (tertiary alicyclic amines) is 1. The van der Waals surface area contributed by atoms with Gasteiger partial charge >= 0.3 is 0 Å². The van der Waals surface area contributed by atoms with Crippen molar-refractivity contribution in [2.24, 2.45) is 4.99 Å². The third kappa shape index (κ3) is 3.01. The first-order chi connectivity index (χ1) is 12.6. The van der Waals surface area contributed by atoms with E-state index in [1.807, 2.05) is 37.3 Å². The highest BCUT2D eigenvalue weighted by Crippen LogP contribution is 2.27. The van der Waals surface area contributed by atoms with Crippen molar-refractivity contribution in [2.45, 2.75) is 32.2 Å². The number of nitrogens with zero attached hydrogens (tertiary/aromatic N) is 2. The smallest absolute Gasteiger partial charge is 0.210 e. The molecule has 0 N–H and O–H groups in total. The number of hydrogen-bond acceptors (Lipinski definition) is 4. The SMILES string of the molecule is Cc1cccc(N=C2C(=O)c3ccccc3C(=O)C2N2CCCCC2)c1. The van der Waals surface area contributed by atoms with E-state index in [2.05, 4.69) is 9.89 Å². The minimum absolute atomic E-state index is 0.00602. The van der Waals surface area contributed by atoms with Gasteiger partial charge < -0.3 is 0 Å². The maximum absolute atomic E-state index is 13.3. The van der Waals surface area contributed by atoms with Gasteiger partial charge in [-0.2, -0.15) is 0 Å². The molecule has 132 valence electrons. The Balaban J connectivity index is 1.84. The third-order valence-corrected chi connectivity index (χ3v) is 5.18. The molecule has 2 aromatic carbocycles. The highest BCUT2D eigenvalue weighted by atomic mass is 16.1. The molecule has 1 unspecified atom stereocenters. The number of hydrogen-bond donors (Lipinski definition) is 0. The molecule has 1 saturated heterocycles. The quantitative estimate of drug-likeness (QED) is 0.826. The molecule has 1 atom stereocenters. The molecule has 1 heterocycles. The van der Waals surface area contributed by atoms with Gasteiger partial charge in [-0.3, -0.25) is 14.5 Å². The molecule has 1 aliphatic carbocycles. The molecule has 0 aromatic heterocycles. The Bertz CT molecular complexity index is 895. The summed E-state index contributed by atoms with van der Waals surface area (Å²) in [4.78, 5) is 33.3. The van der Waals surface area contributed by atoms with Crippen molar-refractivity contribution in [2.75, 3.05) is 13.1 Å². The number of fused-ring (bicyclic) bond motifs is 1. The van der Waals surface area contributed by atoms with E-state index in [-0.39, 0.29) is 11.6 Å². The summed E-state index contributed by atoms with van der Waals surface area (Å²) in [5, 5.41) is 0. The molecule has 0 bridgehead atoms. The van der Waals surface area contributed by atoms with E-state index in [1.54, 1.807) is 18.2 Å². The van der Waals surface area contributed by atoms with Crippen LogP contribution in [0.4, 0.5) is 5.69 Å². The van der Waals surface area contributed by atoms with Crippen LogP contribution in [0.15, 0.2) is 53.5 Å². The van der Waals surface area contributed by atoms with Crippen molar-refractivity contribution < 1.29 is 9.59 Å². The van der Waals surface area contributed by atoms with E-state index in [0.717, 1.165) is 37.2 Å². The van der Waals surface area contributed by atoms with Crippen molar-refractivity contribution in [1.29, 1.82) is 0 Å². The Morgan fingerprint density at radius 3 is 2.38 bits per heavy atom. The van der Waals surface area contributed by atoms with Gasteiger partial charge in [0.05, 0.1) is 5.69 Å². The normalized spacial score (nSPS) is 22.5. The van der Waals surface area contributed by atoms with Crippen molar-refractivity contribution in [1.82, 2.24) is 4.90 Å². The van der Waals surface area contributed by atoms with Crippen LogP contribution in [-0.2, 0) is 0 Å². The topological polar surface area (TPSA) is 49.7 Å². The number of Topliss-reactive ketones (excluding diaryl/α,β-unsaturated/α-hetero) is 2. The van der Waals surface area contributed by atoms with E-state index < -0.39 is 6.04 Å². The summed E-state index contributed by atoms with van der Waals surface area (Å²) in [5.74, 6) is -0.134. The van der Waals surface area contributed by atoms with Gasteiger partial charge in [0.1, 0.15) is 11.8 Å². The highest BCUT2D eigenvalue weighted by molar-refractivity contribution is 6.55. The van der Waals surface area contributed by atoms with Crippen LogP contribution < -0.4 is 0 Å². The molecule has 26 heavy (non-hydrogen) atoms. The van der Waals surface area contributed by atoms with Gasteiger partial charge in [-0.05, 0) is 50.6 Å². The lowest BCUT2D eigenvalue weighted by molar-refractivity contribution is 0.0831. The summed E-state index contributed by atoms with van der Waals surface area (Å²) in [5.41, 5.74) is 3.16. The Hall–Kier alpha value is -2.59. The molecule has 4 rings (SSSR count). The van der Waals surface area contributed by atoms with Gasteiger partial charge in [0.2, 0.25) is 5.78 Å². The van der Waals surface area contributed by atoms with E-state index in [4.69, 9.17) is 0 Å². The third-order valence-electron chi connectivity index (χ3n) is 5.18. The van der Waals surface area contributed by atoms with Crippen LogP contribution >= 0.6 is 0 Å². The molecule has 0 radical (unpaired) electrons. The zero-order valence-corrected chi connectivity index (χ0v) is 14.9. The van der Waals surface area contributed by atoms with Crippen molar-refractivity contribution in [3.63, 3.8) is 0 Å². The number of piperidine rings is 1. The summed E-state index contributed by atoms with van der Waals surface area (Å²) in [7, 11) is 0. The monoisotopic (exact) mass is 346 g/mol. The van der Waals surface area contributed by atoms with E-state index in [9.17, 15) is 9.59 Å². The maximum Gasteiger partial charge on any atom is 0.210 e. The van der Waals surface area contributed by atoms with Crippen LogP contribution in [0.2, 0.25) is 0 Å². The van der Waals surface area contributed by atoms with Crippen LogP contribution in [0.1, 0.15) is 45.5 Å². The van der Waals surface area contributed by atoms with Crippen LogP contribution in [0.3, 0.4) is 0 Å². The van der Waals surface area contributed by atoms with Crippen LogP contribution in [-0.4, -0.2) is 41.3 Å². The average molecular weight is 346 g/mol. The molecule has 4 nitrogen and oxygen atoms in total. The van der Waals surface area contributed by atoms with Crippen molar-refractivity contribution >= 4 is 23.0 Å². The van der Waals surface area contributed by atoms with Gasteiger partial charge in [0.15, 0.2) is 5.78 Å². The fraction of sp³-hybridized carbons (Fsp3) is 0.318. The maximum atomic E-state index is 13.3. The summed E-state index contributed by atoms with van der Waals surface area (Å²) in [6, 6.07) is 14.3. The summed E-state index contributed by atoms with van der Waals surface area (Å²) >= 11 is 0. The number of benzene rings is 2. The molecular formula is C22H22N2O2. The molecule has 1 aliphatic heterocycles. The molecule has 1 fully saturated rings. The molecule has 0 amide bonds. The van der Waals surface area contributed by atoms with Gasteiger partial charge in [-0.25, -0.2) is 4.99 Å². The number of rotatable bonds is 2. The Morgan fingerprint density at radius 1 is 0.923 bits per heavy atom. The number of carbonyl (C=O) groups is 2. The largest absolute Gasteiger partial charge is 0.292 e. The average Bonchev–Trinajstić information content (AvgIpc) is 2.67. The van der Waals surface area contributed by atoms with E-state index in [1.165, 1.54) is 6.42 Å². The predicted octanol–water partition coefficient (Wildman–Crippen LogP) is 4.00. The fourth-order valence-electron chi connectivity index (χ4n) is 3.89. The van der Waals surface area contributed by atoms with E-state index >= 15 is 0 Å². The first kappa shape index (κ1) is 16.9.